The maximum absolute atomic E-state index is 14.9. The Morgan fingerprint density at radius 2 is 1.61 bits per heavy atom. The lowest BCUT2D eigenvalue weighted by molar-refractivity contribution is 0.628. The third-order valence-corrected chi connectivity index (χ3v) is 6.37. The average molecular weight is 421 g/mol. The van der Waals surface area contributed by atoms with E-state index in [4.69, 9.17) is 23.2 Å². The Balaban J connectivity index is 1.93. The largest absolute Gasteiger partial charge is 0.346 e. The quantitative estimate of drug-likeness (QED) is 0.325. The Morgan fingerprint density at radius 3 is 2.29 bits per heavy atom. The smallest absolute Gasteiger partial charge is 0.147 e. The van der Waals surface area contributed by atoms with E-state index < -0.39 is 5.82 Å². The van der Waals surface area contributed by atoms with Crippen molar-refractivity contribution in [1.82, 2.24) is 9.13 Å². The molecular formula is C22H20Cl2F2N2. The molecular weight excluding hydrogens is 401 g/mol. The van der Waals surface area contributed by atoms with Gasteiger partial charge in [0.15, 0.2) is 0 Å². The Labute approximate surface area is 172 Å². The van der Waals surface area contributed by atoms with Crippen LogP contribution in [0.15, 0.2) is 24.3 Å². The molecule has 0 bridgehead atoms. The van der Waals surface area contributed by atoms with E-state index in [-0.39, 0.29) is 10.8 Å². The van der Waals surface area contributed by atoms with Gasteiger partial charge in [0.05, 0.1) is 21.1 Å². The van der Waals surface area contributed by atoms with Gasteiger partial charge >= 0.3 is 0 Å². The fourth-order valence-corrected chi connectivity index (χ4v) is 4.68. The highest BCUT2D eigenvalue weighted by molar-refractivity contribution is 6.40. The molecule has 0 saturated carbocycles. The Bertz CT molecular complexity index is 1250. The minimum absolute atomic E-state index is 0.0530. The molecule has 0 unspecified atom stereocenters. The summed E-state index contributed by atoms with van der Waals surface area (Å²) in [5, 5.41) is 1.87. The van der Waals surface area contributed by atoms with Crippen molar-refractivity contribution in [3.8, 4) is 0 Å². The van der Waals surface area contributed by atoms with Crippen LogP contribution in [-0.2, 0) is 26.9 Å². The monoisotopic (exact) mass is 420 g/mol. The number of hydrogen-bond acceptors (Lipinski definition) is 0. The summed E-state index contributed by atoms with van der Waals surface area (Å²) in [5.74, 6) is -0.781. The Hall–Kier alpha value is -2.04. The summed E-state index contributed by atoms with van der Waals surface area (Å²) >= 11 is 12.4. The molecule has 6 heteroatoms. The van der Waals surface area contributed by atoms with Crippen molar-refractivity contribution in [3.63, 3.8) is 0 Å². The van der Waals surface area contributed by atoms with E-state index in [1.165, 1.54) is 6.07 Å². The van der Waals surface area contributed by atoms with Crippen molar-refractivity contribution in [2.24, 2.45) is 14.1 Å². The lowest BCUT2D eigenvalue weighted by Gasteiger charge is -2.12. The summed E-state index contributed by atoms with van der Waals surface area (Å²) in [7, 11) is 3.74. The summed E-state index contributed by atoms with van der Waals surface area (Å²) in [6.45, 7) is 4.05. The molecule has 0 atom stereocenters. The number of fused-ring (bicyclic) bond motifs is 2. The van der Waals surface area contributed by atoms with Gasteiger partial charge in [-0.25, -0.2) is 8.78 Å². The van der Waals surface area contributed by atoms with Gasteiger partial charge in [-0.15, -0.1) is 0 Å². The Morgan fingerprint density at radius 1 is 0.893 bits per heavy atom. The van der Waals surface area contributed by atoms with E-state index in [1.54, 1.807) is 6.07 Å². The lowest BCUT2D eigenvalue weighted by Crippen LogP contribution is -2.03. The van der Waals surface area contributed by atoms with Crippen LogP contribution in [0.1, 0.15) is 29.4 Å². The number of hydrogen-bond donors (Lipinski definition) is 0. The van der Waals surface area contributed by atoms with Gasteiger partial charge in [-0.2, -0.15) is 0 Å². The molecule has 28 heavy (non-hydrogen) atoms. The summed E-state index contributed by atoms with van der Waals surface area (Å²) < 4.78 is 32.7. The topological polar surface area (TPSA) is 9.86 Å². The molecule has 0 spiro atoms. The van der Waals surface area contributed by atoms with Crippen molar-refractivity contribution in [2.45, 2.75) is 26.7 Å². The lowest BCUT2D eigenvalue weighted by atomic mass is 9.96. The molecule has 2 aromatic heterocycles. The highest BCUT2D eigenvalue weighted by Crippen LogP contribution is 2.36. The molecule has 0 fully saturated rings. The molecule has 2 heterocycles. The van der Waals surface area contributed by atoms with Gasteiger partial charge < -0.3 is 9.13 Å². The van der Waals surface area contributed by atoms with Crippen molar-refractivity contribution in [2.75, 3.05) is 0 Å². The van der Waals surface area contributed by atoms with Crippen LogP contribution in [0.5, 0.6) is 0 Å². The zero-order valence-corrected chi connectivity index (χ0v) is 17.6. The van der Waals surface area contributed by atoms with Crippen LogP contribution in [0.3, 0.4) is 0 Å². The van der Waals surface area contributed by atoms with Crippen LogP contribution in [0.2, 0.25) is 10.0 Å². The van der Waals surface area contributed by atoms with Gasteiger partial charge in [-0.05, 0) is 48.7 Å². The summed E-state index contributed by atoms with van der Waals surface area (Å²) in [6.07, 6.45) is 1.29. The molecule has 2 aromatic carbocycles. The second kappa shape index (κ2) is 6.78. The van der Waals surface area contributed by atoms with Crippen LogP contribution in [-0.4, -0.2) is 9.13 Å². The number of aryl methyl sites for hydroxylation is 4. The maximum atomic E-state index is 14.9. The molecule has 4 aromatic rings. The van der Waals surface area contributed by atoms with E-state index >= 15 is 0 Å². The average Bonchev–Trinajstić information content (AvgIpc) is 3.11. The van der Waals surface area contributed by atoms with Gasteiger partial charge in [-0.1, -0.05) is 30.1 Å². The molecule has 0 aliphatic heterocycles. The first-order valence-corrected chi connectivity index (χ1v) is 9.88. The number of halogens is 4. The van der Waals surface area contributed by atoms with E-state index in [1.807, 2.05) is 42.3 Å². The summed E-state index contributed by atoms with van der Waals surface area (Å²) in [4.78, 5) is 0. The summed E-state index contributed by atoms with van der Waals surface area (Å²) in [5.41, 5.74) is 5.25. The van der Waals surface area contributed by atoms with Crippen molar-refractivity contribution >= 4 is 45.0 Å². The predicted octanol–water partition coefficient (Wildman–Crippen LogP) is 6.72. The Kier molecular flexibility index (Phi) is 4.67. The van der Waals surface area contributed by atoms with Crippen molar-refractivity contribution < 1.29 is 8.78 Å². The van der Waals surface area contributed by atoms with Crippen molar-refractivity contribution in [3.05, 3.63) is 68.5 Å². The number of rotatable bonds is 3. The first-order chi connectivity index (χ1) is 13.2. The minimum atomic E-state index is -0.544. The van der Waals surface area contributed by atoms with E-state index in [0.717, 1.165) is 34.3 Å². The van der Waals surface area contributed by atoms with Crippen molar-refractivity contribution in [1.29, 1.82) is 0 Å². The number of aromatic nitrogens is 2. The molecule has 4 rings (SSSR count). The number of benzene rings is 2. The second-order valence-electron chi connectivity index (χ2n) is 7.24. The molecule has 0 N–H and O–H groups in total. The number of nitrogens with zero attached hydrogens (tertiary/aromatic N) is 2. The molecule has 146 valence electrons. The summed E-state index contributed by atoms with van der Waals surface area (Å²) in [6, 6.07) is 6.71. The highest BCUT2D eigenvalue weighted by Gasteiger charge is 2.19. The maximum Gasteiger partial charge on any atom is 0.147 e. The van der Waals surface area contributed by atoms with E-state index in [0.29, 0.717) is 27.9 Å². The molecule has 2 nitrogen and oxygen atoms in total. The van der Waals surface area contributed by atoms with Gasteiger partial charge in [-0.3, -0.25) is 0 Å². The standard InChI is InChI=1S/C22H20Cl2F2N2/c1-5-14-12(8-19(26)22-15(14)6-11(2)27(22)3)7-13-9-16-20(24)18(25)10-17(23)21(16)28(13)4/h6,8-10H,5,7H2,1-4H3. The SMILES string of the molecule is CCc1c(Cc2cc3c(Cl)c(F)cc(Cl)c3n2C)cc(F)c2c1cc(C)n2C. The normalized spacial score (nSPS) is 11.9. The second-order valence-corrected chi connectivity index (χ2v) is 8.03. The molecule has 0 aliphatic rings. The van der Waals surface area contributed by atoms with Crippen LogP contribution in [0.4, 0.5) is 8.78 Å². The first kappa shape index (κ1) is 19.3. The third kappa shape index (κ3) is 2.73. The van der Waals surface area contributed by atoms with Gasteiger partial charge in [0.1, 0.15) is 11.6 Å². The van der Waals surface area contributed by atoms with Gasteiger partial charge in [0.25, 0.3) is 0 Å². The predicted molar refractivity (Wildman–Crippen MR) is 113 cm³/mol. The zero-order valence-electron chi connectivity index (χ0n) is 16.1. The first-order valence-electron chi connectivity index (χ1n) is 9.12. The van der Waals surface area contributed by atoms with Gasteiger partial charge in [0, 0.05) is 42.7 Å². The van der Waals surface area contributed by atoms with E-state index in [9.17, 15) is 8.78 Å². The minimum Gasteiger partial charge on any atom is -0.346 e. The molecule has 0 saturated heterocycles. The van der Waals surface area contributed by atoms with E-state index in [2.05, 4.69) is 6.92 Å². The fraction of sp³-hybridized carbons (Fsp3) is 0.273. The van der Waals surface area contributed by atoms with Crippen LogP contribution in [0, 0.1) is 18.6 Å². The van der Waals surface area contributed by atoms with Gasteiger partial charge in [0.2, 0.25) is 0 Å². The molecule has 0 aliphatic carbocycles. The molecule has 0 radical (unpaired) electrons. The van der Waals surface area contributed by atoms with Crippen LogP contribution < -0.4 is 0 Å². The fourth-order valence-electron chi connectivity index (χ4n) is 4.16. The van der Waals surface area contributed by atoms with Crippen LogP contribution in [0.25, 0.3) is 21.8 Å². The highest BCUT2D eigenvalue weighted by atomic mass is 35.5. The third-order valence-electron chi connectivity index (χ3n) is 5.70. The zero-order chi connectivity index (χ0) is 20.3. The van der Waals surface area contributed by atoms with Crippen LogP contribution >= 0.6 is 23.2 Å². The molecule has 0 amide bonds.